The van der Waals surface area contributed by atoms with Gasteiger partial charge in [-0.05, 0) is 55.9 Å². The van der Waals surface area contributed by atoms with Crippen molar-refractivity contribution >= 4 is 23.9 Å². The fourth-order valence-electron chi connectivity index (χ4n) is 8.92. The molecule has 8 heteroatoms. The van der Waals surface area contributed by atoms with Gasteiger partial charge in [0.2, 0.25) is 0 Å². The minimum Gasteiger partial charge on any atom is -0.462 e. The van der Waals surface area contributed by atoms with Crippen LogP contribution in [0.3, 0.4) is 0 Å². The van der Waals surface area contributed by atoms with Gasteiger partial charge in [-0.3, -0.25) is 19.2 Å². The Hall–Kier alpha value is -2.38. The van der Waals surface area contributed by atoms with Crippen LogP contribution in [0.5, 0.6) is 0 Å². The zero-order chi connectivity index (χ0) is 26.0. The predicted molar refractivity (Wildman–Crippen MR) is 127 cm³/mol. The average Bonchev–Trinajstić information content (AvgIpc) is 3.27. The predicted octanol–water partition coefficient (Wildman–Crippen LogP) is 4.04. The minimum absolute atomic E-state index is 0.0608. The zero-order valence-electron chi connectivity index (χ0n) is 22.0. The summed E-state index contributed by atoms with van der Waals surface area (Å²) in [6.07, 6.45) is 6.38. The van der Waals surface area contributed by atoms with Crippen molar-refractivity contribution in [2.24, 2.45) is 28.6 Å². The Morgan fingerprint density at radius 3 is 2.25 bits per heavy atom. The first-order valence-electron chi connectivity index (χ1n) is 13.3. The number of carbonyl (C=O) groups is 4. The molecule has 1 heterocycles. The van der Waals surface area contributed by atoms with Crippen molar-refractivity contribution < 1.29 is 38.1 Å². The van der Waals surface area contributed by atoms with Crippen LogP contribution in [-0.4, -0.2) is 47.8 Å². The van der Waals surface area contributed by atoms with Gasteiger partial charge in [-0.25, -0.2) is 0 Å². The largest absolute Gasteiger partial charge is 0.462 e. The van der Waals surface area contributed by atoms with Crippen LogP contribution in [0.1, 0.15) is 86.0 Å². The molecule has 4 fully saturated rings. The summed E-state index contributed by atoms with van der Waals surface area (Å²) in [5, 5.41) is 0. The number of rotatable bonds is 3. The Balaban J connectivity index is 1.61. The minimum atomic E-state index is -0.573. The molecule has 5 aliphatic rings. The van der Waals surface area contributed by atoms with Crippen molar-refractivity contribution in [1.29, 1.82) is 0 Å². The van der Waals surface area contributed by atoms with Crippen molar-refractivity contribution in [3.05, 3.63) is 11.6 Å². The van der Waals surface area contributed by atoms with Crippen LogP contribution in [0.25, 0.3) is 0 Å². The molecule has 0 aromatic carbocycles. The molecule has 0 bridgehead atoms. The fourth-order valence-corrected chi connectivity index (χ4v) is 8.92. The summed E-state index contributed by atoms with van der Waals surface area (Å²) in [5.41, 5.74) is -0.151. The van der Waals surface area contributed by atoms with E-state index in [1.54, 1.807) is 0 Å². The van der Waals surface area contributed by atoms with Crippen molar-refractivity contribution in [1.82, 2.24) is 0 Å². The number of hydrogen-bond donors (Lipinski definition) is 0. The Labute approximate surface area is 212 Å². The van der Waals surface area contributed by atoms with E-state index in [0.717, 1.165) is 31.3 Å². The van der Waals surface area contributed by atoms with Gasteiger partial charge in [-0.1, -0.05) is 19.4 Å². The summed E-state index contributed by atoms with van der Waals surface area (Å²) in [4.78, 5) is 48.6. The second-order valence-corrected chi connectivity index (χ2v) is 12.1. The van der Waals surface area contributed by atoms with Gasteiger partial charge in [0, 0.05) is 50.9 Å². The number of hydrogen-bond acceptors (Lipinski definition) is 8. The normalized spacial score (nSPS) is 45.0. The third kappa shape index (κ3) is 3.77. The van der Waals surface area contributed by atoms with Crippen LogP contribution in [0.4, 0.5) is 0 Å². The van der Waals surface area contributed by atoms with E-state index < -0.39 is 23.2 Å². The maximum absolute atomic E-state index is 12.4. The zero-order valence-corrected chi connectivity index (χ0v) is 22.0. The monoisotopic (exact) mass is 502 g/mol. The highest BCUT2D eigenvalue weighted by Crippen LogP contribution is 2.70. The molecule has 8 nitrogen and oxygen atoms in total. The SMILES string of the molecule is CC(=O)OC1CC[C@@]2(C)C(=C[C@H](OC(C)=O)C3C2[C@H](OC(C)=O)C[C@@]2(C)C3CCC23CCC(=O)O3)C1. The molecule has 1 aliphatic heterocycles. The average molecular weight is 503 g/mol. The standard InChI is InChI=1S/C28H38O8/c1-15(29)33-19-6-9-26(4)18(12-19)13-21(34-16(2)30)24-20-7-10-28(11-8-23(32)36-28)27(20,5)14-22(25(24)26)35-17(3)31/h13,19-22,24-25H,6-12,14H2,1-5H3/t19?,20?,21-,22+,24?,25?,26-,27-,28?/m0/s1. The van der Waals surface area contributed by atoms with Crippen LogP contribution in [-0.2, 0) is 38.1 Å². The number of fused-ring (bicyclic) bond motifs is 6. The second-order valence-electron chi connectivity index (χ2n) is 12.1. The smallest absolute Gasteiger partial charge is 0.306 e. The van der Waals surface area contributed by atoms with Crippen LogP contribution in [0.15, 0.2) is 11.6 Å². The molecule has 0 N–H and O–H groups in total. The Morgan fingerprint density at radius 1 is 0.944 bits per heavy atom. The quantitative estimate of drug-likeness (QED) is 0.323. The molecule has 0 radical (unpaired) electrons. The van der Waals surface area contributed by atoms with E-state index in [9.17, 15) is 19.2 Å². The lowest BCUT2D eigenvalue weighted by atomic mass is 9.45. The van der Waals surface area contributed by atoms with Crippen LogP contribution < -0.4 is 0 Å². The molecule has 0 aromatic heterocycles. The Morgan fingerprint density at radius 2 is 1.64 bits per heavy atom. The lowest BCUT2D eigenvalue weighted by molar-refractivity contribution is -0.209. The van der Waals surface area contributed by atoms with Crippen LogP contribution in [0, 0.1) is 28.6 Å². The molecule has 5 unspecified atom stereocenters. The highest BCUT2D eigenvalue weighted by Gasteiger charge is 2.71. The molecule has 1 saturated heterocycles. The molecular formula is C28H38O8. The van der Waals surface area contributed by atoms with Gasteiger partial charge in [0.15, 0.2) is 0 Å². The molecule has 9 atom stereocenters. The van der Waals surface area contributed by atoms with Crippen LogP contribution >= 0.6 is 0 Å². The number of esters is 4. The lowest BCUT2D eigenvalue weighted by Gasteiger charge is -2.62. The van der Waals surface area contributed by atoms with E-state index in [0.29, 0.717) is 25.7 Å². The van der Waals surface area contributed by atoms with Crippen LogP contribution in [0.2, 0.25) is 0 Å². The summed E-state index contributed by atoms with van der Waals surface area (Å²) in [6, 6.07) is 0. The van der Waals surface area contributed by atoms with Crippen molar-refractivity contribution in [3.63, 3.8) is 0 Å². The molecule has 1 spiro atoms. The van der Waals surface area contributed by atoms with Gasteiger partial charge in [0.05, 0.1) is 0 Å². The third-order valence-electron chi connectivity index (χ3n) is 10.3. The first kappa shape index (κ1) is 25.3. The number of ether oxygens (including phenoxy) is 4. The summed E-state index contributed by atoms with van der Waals surface area (Å²) in [7, 11) is 0. The Kier molecular flexibility index (Phi) is 6.03. The third-order valence-corrected chi connectivity index (χ3v) is 10.3. The molecule has 198 valence electrons. The van der Waals surface area contributed by atoms with Gasteiger partial charge in [0.25, 0.3) is 0 Å². The van der Waals surface area contributed by atoms with Crippen molar-refractivity contribution in [2.45, 2.75) is 110 Å². The first-order valence-corrected chi connectivity index (χ1v) is 13.3. The van der Waals surface area contributed by atoms with Gasteiger partial charge in [0.1, 0.15) is 23.9 Å². The Bertz CT molecular complexity index is 1020. The van der Waals surface area contributed by atoms with E-state index in [4.69, 9.17) is 18.9 Å². The molecule has 0 aromatic rings. The van der Waals surface area contributed by atoms with E-state index in [1.165, 1.54) is 20.8 Å². The summed E-state index contributed by atoms with van der Waals surface area (Å²) in [5.74, 6) is -1.16. The first-order chi connectivity index (χ1) is 16.9. The second kappa shape index (κ2) is 8.59. The molecule has 5 rings (SSSR count). The molecule has 4 aliphatic carbocycles. The van der Waals surface area contributed by atoms with E-state index >= 15 is 0 Å². The van der Waals surface area contributed by atoms with Crippen molar-refractivity contribution in [3.8, 4) is 0 Å². The van der Waals surface area contributed by atoms with E-state index in [-0.39, 0.29) is 53.1 Å². The molecule has 36 heavy (non-hydrogen) atoms. The molecule has 0 amide bonds. The van der Waals surface area contributed by atoms with Crippen molar-refractivity contribution in [2.75, 3.05) is 0 Å². The summed E-state index contributed by atoms with van der Waals surface area (Å²) < 4.78 is 23.7. The molecular weight excluding hydrogens is 464 g/mol. The summed E-state index contributed by atoms with van der Waals surface area (Å²) in [6.45, 7) is 8.69. The molecule has 3 saturated carbocycles. The highest BCUT2D eigenvalue weighted by molar-refractivity contribution is 5.72. The lowest BCUT2D eigenvalue weighted by Crippen LogP contribution is -2.63. The van der Waals surface area contributed by atoms with E-state index in [1.807, 2.05) is 0 Å². The van der Waals surface area contributed by atoms with E-state index in [2.05, 4.69) is 19.9 Å². The van der Waals surface area contributed by atoms with Gasteiger partial charge < -0.3 is 18.9 Å². The number of carbonyl (C=O) groups excluding carboxylic acids is 4. The van der Waals surface area contributed by atoms with Gasteiger partial charge in [-0.15, -0.1) is 0 Å². The van der Waals surface area contributed by atoms with Gasteiger partial charge in [-0.2, -0.15) is 0 Å². The topological polar surface area (TPSA) is 105 Å². The highest BCUT2D eigenvalue weighted by atomic mass is 16.6. The summed E-state index contributed by atoms with van der Waals surface area (Å²) >= 11 is 0. The maximum atomic E-state index is 12.4. The van der Waals surface area contributed by atoms with Gasteiger partial charge >= 0.3 is 23.9 Å². The maximum Gasteiger partial charge on any atom is 0.306 e. The fraction of sp³-hybridized carbons (Fsp3) is 0.786.